The van der Waals surface area contributed by atoms with Gasteiger partial charge in [-0.3, -0.25) is 9.59 Å². The summed E-state index contributed by atoms with van der Waals surface area (Å²) < 4.78 is 5.58. The number of carbonyl (C=O) groups excluding carboxylic acids is 2. The van der Waals surface area contributed by atoms with Crippen LogP contribution in [0, 0.1) is 0 Å². The standard InChI is InChI=1S/C27H21Cl2N3O3/c1-17(31-32-26(33)16-35-23-12-8-19-4-2-3-5-20(19)14-23)18-6-10-22(11-7-18)30-27(34)24-13-9-21(28)15-25(24)29/h2-15H,16H2,1H3,(H,30,34)(H,32,33). The summed E-state index contributed by atoms with van der Waals surface area (Å²) in [5.74, 6) is -0.109. The smallest absolute Gasteiger partial charge is 0.277 e. The molecule has 6 nitrogen and oxygen atoms in total. The minimum atomic E-state index is -0.374. The molecule has 176 valence electrons. The van der Waals surface area contributed by atoms with E-state index in [-0.39, 0.29) is 23.4 Å². The molecule has 8 heteroatoms. The fourth-order valence-electron chi connectivity index (χ4n) is 3.32. The number of amides is 2. The molecular weight excluding hydrogens is 485 g/mol. The summed E-state index contributed by atoms with van der Waals surface area (Å²) in [5, 5.41) is 9.79. The molecule has 0 aliphatic rings. The molecule has 35 heavy (non-hydrogen) atoms. The summed E-state index contributed by atoms with van der Waals surface area (Å²) in [6.07, 6.45) is 0. The summed E-state index contributed by atoms with van der Waals surface area (Å²) in [6.45, 7) is 1.61. The summed E-state index contributed by atoms with van der Waals surface area (Å²) in [4.78, 5) is 24.6. The fourth-order valence-corrected chi connectivity index (χ4v) is 3.81. The van der Waals surface area contributed by atoms with Crippen molar-refractivity contribution in [3.8, 4) is 5.75 Å². The van der Waals surface area contributed by atoms with E-state index < -0.39 is 0 Å². The molecule has 2 N–H and O–H groups in total. The Balaban J connectivity index is 1.30. The molecule has 0 bridgehead atoms. The van der Waals surface area contributed by atoms with Gasteiger partial charge in [-0.2, -0.15) is 5.10 Å². The van der Waals surface area contributed by atoms with Crippen LogP contribution in [0.4, 0.5) is 5.69 Å². The Morgan fingerprint density at radius 1 is 0.886 bits per heavy atom. The molecule has 4 aromatic carbocycles. The van der Waals surface area contributed by atoms with Gasteiger partial charge in [0.2, 0.25) is 0 Å². The highest BCUT2D eigenvalue weighted by atomic mass is 35.5. The Hall–Kier alpha value is -3.87. The lowest BCUT2D eigenvalue weighted by atomic mass is 10.1. The minimum absolute atomic E-state index is 0.159. The molecule has 0 radical (unpaired) electrons. The van der Waals surface area contributed by atoms with Gasteiger partial charge in [0.25, 0.3) is 11.8 Å². The molecule has 0 aliphatic carbocycles. The molecule has 0 fully saturated rings. The lowest BCUT2D eigenvalue weighted by molar-refractivity contribution is -0.123. The van der Waals surface area contributed by atoms with Crippen LogP contribution in [-0.2, 0) is 4.79 Å². The van der Waals surface area contributed by atoms with Crippen molar-refractivity contribution >= 4 is 57.2 Å². The van der Waals surface area contributed by atoms with Gasteiger partial charge < -0.3 is 10.1 Å². The molecule has 0 aliphatic heterocycles. The summed E-state index contributed by atoms with van der Waals surface area (Å²) in [7, 11) is 0. The second-order valence-electron chi connectivity index (χ2n) is 7.69. The lowest BCUT2D eigenvalue weighted by Gasteiger charge is -2.09. The van der Waals surface area contributed by atoms with Gasteiger partial charge in [0, 0.05) is 10.7 Å². The van der Waals surface area contributed by atoms with Gasteiger partial charge >= 0.3 is 0 Å². The van der Waals surface area contributed by atoms with E-state index in [9.17, 15) is 9.59 Å². The predicted octanol–water partition coefficient (Wildman–Crippen LogP) is 6.32. The van der Waals surface area contributed by atoms with E-state index in [1.54, 1.807) is 43.3 Å². The van der Waals surface area contributed by atoms with Crippen LogP contribution in [0.15, 0.2) is 90.0 Å². The number of carbonyl (C=O) groups is 2. The van der Waals surface area contributed by atoms with Crippen molar-refractivity contribution in [2.24, 2.45) is 5.10 Å². The third-order valence-corrected chi connectivity index (χ3v) is 5.72. The van der Waals surface area contributed by atoms with Gasteiger partial charge in [0.05, 0.1) is 16.3 Å². The predicted molar refractivity (Wildman–Crippen MR) is 141 cm³/mol. The van der Waals surface area contributed by atoms with E-state index in [4.69, 9.17) is 27.9 Å². The number of anilines is 1. The van der Waals surface area contributed by atoms with E-state index in [2.05, 4.69) is 15.8 Å². The quantitative estimate of drug-likeness (QED) is 0.228. The molecule has 2 amide bonds. The Morgan fingerprint density at radius 3 is 2.37 bits per heavy atom. The third kappa shape index (κ3) is 6.38. The zero-order chi connectivity index (χ0) is 24.8. The van der Waals surface area contributed by atoms with Crippen molar-refractivity contribution in [1.29, 1.82) is 0 Å². The summed E-state index contributed by atoms with van der Waals surface area (Å²) in [5.41, 5.74) is 4.79. The summed E-state index contributed by atoms with van der Waals surface area (Å²) in [6, 6.07) is 25.3. The maximum atomic E-state index is 12.4. The maximum absolute atomic E-state index is 12.4. The van der Waals surface area contributed by atoms with Gasteiger partial charge in [-0.05, 0) is 65.7 Å². The van der Waals surface area contributed by atoms with Gasteiger partial charge in [-0.1, -0.05) is 65.7 Å². The largest absolute Gasteiger partial charge is 0.484 e. The number of rotatable bonds is 7. The number of hydrogen-bond acceptors (Lipinski definition) is 4. The number of ether oxygens (including phenoxy) is 1. The Kier molecular flexibility index (Phi) is 7.65. The zero-order valence-electron chi connectivity index (χ0n) is 18.7. The van der Waals surface area contributed by atoms with Crippen molar-refractivity contribution in [2.45, 2.75) is 6.92 Å². The first-order valence-electron chi connectivity index (χ1n) is 10.7. The molecule has 0 heterocycles. The van der Waals surface area contributed by atoms with Gasteiger partial charge in [-0.15, -0.1) is 0 Å². The Labute approximate surface area is 212 Å². The first-order valence-corrected chi connectivity index (χ1v) is 11.5. The highest BCUT2D eigenvalue weighted by Crippen LogP contribution is 2.23. The molecule has 0 saturated carbocycles. The van der Waals surface area contributed by atoms with E-state index in [0.717, 1.165) is 16.3 Å². The van der Waals surface area contributed by atoms with Crippen LogP contribution in [0.25, 0.3) is 10.8 Å². The van der Waals surface area contributed by atoms with Crippen LogP contribution in [-0.4, -0.2) is 24.1 Å². The first kappa shape index (κ1) is 24.3. The van der Waals surface area contributed by atoms with E-state index in [1.807, 2.05) is 42.5 Å². The van der Waals surface area contributed by atoms with Gasteiger partial charge in [0.1, 0.15) is 5.75 Å². The van der Waals surface area contributed by atoms with Crippen LogP contribution in [0.5, 0.6) is 5.75 Å². The number of hydrazone groups is 1. The van der Waals surface area contributed by atoms with Crippen LogP contribution in [0.3, 0.4) is 0 Å². The second-order valence-corrected chi connectivity index (χ2v) is 8.53. The normalized spacial score (nSPS) is 11.2. The third-order valence-electron chi connectivity index (χ3n) is 5.18. The molecule has 0 aromatic heterocycles. The van der Waals surface area contributed by atoms with Crippen LogP contribution in [0.1, 0.15) is 22.8 Å². The van der Waals surface area contributed by atoms with Crippen molar-refractivity contribution in [2.75, 3.05) is 11.9 Å². The molecule has 4 aromatic rings. The van der Waals surface area contributed by atoms with Crippen LogP contribution in [0.2, 0.25) is 10.0 Å². The maximum Gasteiger partial charge on any atom is 0.277 e. The fraction of sp³-hybridized carbons (Fsp3) is 0.0741. The van der Waals surface area contributed by atoms with Crippen LogP contribution < -0.4 is 15.5 Å². The molecule has 4 rings (SSSR count). The van der Waals surface area contributed by atoms with Crippen molar-refractivity contribution in [1.82, 2.24) is 5.43 Å². The second kappa shape index (κ2) is 11.0. The van der Waals surface area contributed by atoms with Gasteiger partial charge in [0.15, 0.2) is 6.61 Å². The SMILES string of the molecule is CC(=NNC(=O)COc1ccc2ccccc2c1)c1ccc(NC(=O)c2ccc(Cl)cc2Cl)cc1. The molecule has 0 spiro atoms. The first-order chi connectivity index (χ1) is 16.9. The lowest BCUT2D eigenvalue weighted by Crippen LogP contribution is -2.25. The number of halogens is 2. The number of hydrogen-bond donors (Lipinski definition) is 2. The molecule has 0 atom stereocenters. The molecule has 0 unspecified atom stereocenters. The Bertz CT molecular complexity index is 1420. The van der Waals surface area contributed by atoms with Gasteiger partial charge in [-0.25, -0.2) is 5.43 Å². The number of nitrogens with one attached hydrogen (secondary N) is 2. The summed E-state index contributed by atoms with van der Waals surface area (Å²) >= 11 is 12.0. The zero-order valence-corrected chi connectivity index (χ0v) is 20.2. The molecule has 0 saturated heterocycles. The Morgan fingerprint density at radius 2 is 1.63 bits per heavy atom. The molecular formula is C27H21Cl2N3O3. The minimum Gasteiger partial charge on any atom is -0.484 e. The van der Waals surface area contributed by atoms with E-state index in [0.29, 0.717) is 27.7 Å². The van der Waals surface area contributed by atoms with Crippen LogP contribution >= 0.6 is 23.2 Å². The highest BCUT2D eigenvalue weighted by Gasteiger charge is 2.11. The van der Waals surface area contributed by atoms with Crippen molar-refractivity contribution in [3.05, 3.63) is 106 Å². The number of benzene rings is 4. The highest BCUT2D eigenvalue weighted by molar-refractivity contribution is 6.37. The number of fused-ring (bicyclic) bond motifs is 1. The van der Waals surface area contributed by atoms with Crippen molar-refractivity contribution in [3.63, 3.8) is 0 Å². The van der Waals surface area contributed by atoms with E-state index in [1.165, 1.54) is 6.07 Å². The van der Waals surface area contributed by atoms with Crippen molar-refractivity contribution < 1.29 is 14.3 Å². The monoisotopic (exact) mass is 505 g/mol. The number of nitrogens with zero attached hydrogens (tertiary/aromatic N) is 1. The average Bonchev–Trinajstić information content (AvgIpc) is 2.86. The van der Waals surface area contributed by atoms with E-state index >= 15 is 0 Å². The average molecular weight is 506 g/mol. The topological polar surface area (TPSA) is 79.8 Å².